The first-order chi connectivity index (χ1) is 12.5. The van der Waals surface area contributed by atoms with Gasteiger partial charge in [-0.05, 0) is 25.0 Å². The number of fused-ring (bicyclic) bond motifs is 1. The lowest BCUT2D eigenvalue weighted by atomic mass is 10.2. The lowest BCUT2D eigenvalue weighted by molar-refractivity contribution is -0.130. The van der Waals surface area contributed by atoms with Gasteiger partial charge in [-0.2, -0.15) is 4.31 Å². The molecule has 2 aromatic rings. The Hall–Kier alpha value is -2.26. The largest absolute Gasteiger partial charge is 0.334 e. The number of rotatable bonds is 3. The van der Waals surface area contributed by atoms with Crippen LogP contribution in [0.1, 0.15) is 37.5 Å². The van der Waals surface area contributed by atoms with E-state index >= 15 is 0 Å². The molecule has 1 fully saturated rings. The van der Waals surface area contributed by atoms with E-state index < -0.39 is 10.0 Å². The zero-order chi connectivity index (χ0) is 18.3. The maximum absolute atomic E-state index is 13.1. The van der Waals surface area contributed by atoms with Crippen molar-refractivity contribution in [1.29, 1.82) is 0 Å². The highest BCUT2D eigenvalue weighted by molar-refractivity contribution is 7.89. The van der Waals surface area contributed by atoms with Crippen LogP contribution in [-0.4, -0.2) is 51.4 Å². The van der Waals surface area contributed by atoms with Gasteiger partial charge in [0.25, 0.3) is 0 Å². The molecule has 0 bridgehead atoms. The number of amides is 1. The molecule has 0 spiro atoms. The molecule has 1 aromatic heterocycles. The van der Waals surface area contributed by atoms with Crippen LogP contribution in [0.3, 0.4) is 0 Å². The summed E-state index contributed by atoms with van der Waals surface area (Å²) in [5, 5.41) is 8.52. The van der Waals surface area contributed by atoms with E-state index in [0.717, 1.165) is 12.8 Å². The fourth-order valence-corrected chi connectivity index (χ4v) is 5.39. The van der Waals surface area contributed by atoms with Crippen molar-refractivity contribution in [3.63, 3.8) is 0 Å². The van der Waals surface area contributed by atoms with Crippen LogP contribution in [0.15, 0.2) is 35.2 Å². The summed E-state index contributed by atoms with van der Waals surface area (Å²) < 4.78 is 29.6. The Bertz CT molecular complexity index is 925. The topological polar surface area (TPSA) is 88.4 Å². The third-order valence-corrected chi connectivity index (χ3v) is 7.00. The normalized spacial score (nSPS) is 21.0. The van der Waals surface area contributed by atoms with Gasteiger partial charge in [-0.15, -0.1) is 10.2 Å². The standard InChI is InChI=1S/C17H21N5O3S/c1-13(23)20-10-11-21-16(12-20)18-19-17(21)15-8-5-9-22(15)26(24,25)14-6-3-2-4-7-14/h2-4,6-7,15H,5,8-12H2,1H3. The maximum atomic E-state index is 13.1. The summed E-state index contributed by atoms with van der Waals surface area (Å²) in [6.07, 6.45) is 1.51. The average Bonchev–Trinajstić information content (AvgIpc) is 3.28. The number of carbonyl (C=O) groups excluding carboxylic acids is 1. The minimum atomic E-state index is -3.58. The Morgan fingerprint density at radius 2 is 1.88 bits per heavy atom. The van der Waals surface area contributed by atoms with Crippen LogP contribution in [0, 0.1) is 0 Å². The fraction of sp³-hybridized carbons (Fsp3) is 0.471. The molecule has 8 nitrogen and oxygen atoms in total. The summed E-state index contributed by atoms with van der Waals surface area (Å²) in [6, 6.07) is 8.19. The molecule has 2 aliphatic heterocycles. The SMILES string of the molecule is CC(=O)N1CCn2c(nnc2C2CCCN2S(=O)(=O)c2ccccc2)C1. The number of benzene rings is 1. The molecule has 2 aliphatic rings. The molecule has 0 saturated carbocycles. The zero-order valence-electron chi connectivity index (χ0n) is 14.6. The van der Waals surface area contributed by atoms with Gasteiger partial charge in [0.1, 0.15) is 0 Å². The van der Waals surface area contributed by atoms with Gasteiger partial charge < -0.3 is 9.47 Å². The molecule has 0 aliphatic carbocycles. The van der Waals surface area contributed by atoms with Crippen molar-refractivity contribution in [2.75, 3.05) is 13.1 Å². The predicted octanol–water partition coefficient (Wildman–Crippen LogP) is 1.17. The number of sulfonamides is 1. The molecule has 4 rings (SSSR count). The number of hydrogen-bond acceptors (Lipinski definition) is 5. The second-order valence-corrected chi connectivity index (χ2v) is 8.54. The first-order valence-corrected chi connectivity index (χ1v) is 10.2. The van der Waals surface area contributed by atoms with Gasteiger partial charge in [-0.25, -0.2) is 8.42 Å². The summed E-state index contributed by atoms with van der Waals surface area (Å²) in [7, 11) is -3.58. The van der Waals surface area contributed by atoms with Crippen molar-refractivity contribution in [3.8, 4) is 0 Å². The van der Waals surface area contributed by atoms with Gasteiger partial charge in [0.05, 0.1) is 17.5 Å². The smallest absolute Gasteiger partial charge is 0.243 e. The second kappa shape index (κ2) is 6.48. The summed E-state index contributed by atoms with van der Waals surface area (Å²) in [4.78, 5) is 13.6. The molecule has 1 saturated heterocycles. The van der Waals surface area contributed by atoms with Crippen molar-refractivity contribution in [2.45, 2.75) is 43.8 Å². The molecule has 1 unspecified atom stereocenters. The molecule has 138 valence electrons. The molecule has 1 atom stereocenters. The van der Waals surface area contributed by atoms with Crippen LogP contribution >= 0.6 is 0 Å². The van der Waals surface area contributed by atoms with Crippen LogP contribution < -0.4 is 0 Å². The van der Waals surface area contributed by atoms with E-state index in [-0.39, 0.29) is 11.9 Å². The highest BCUT2D eigenvalue weighted by atomic mass is 32.2. The Labute approximate surface area is 152 Å². The summed E-state index contributed by atoms with van der Waals surface area (Å²) >= 11 is 0. The third-order valence-electron chi connectivity index (χ3n) is 5.08. The van der Waals surface area contributed by atoms with Crippen LogP contribution in [0.5, 0.6) is 0 Å². The molecule has 0 radical (unpaired) electrons. The van der Waals surface area contributed by atoms with Crippen LogP contribution in [0.2, 0.25) is 0 Å². The molecule has 1 amide bonds. The van der Waals surface area contributed by atoms with Gasteiger partial charge in [0.2, 0.25) is 15.9 Å². The maximum Gasteiger partial charge on any atom is 0.243 e. The van der Waals surface area contributed by atoms with Crippen molar-refractivity contribution in [2.24, 2.45) is 0 Å². The number of carbonyl (C=O) groups is 1. The lowest BCUT2D eigenvalue weighted by Crippen LogP contribution is -2.38. The summed E-state index contributed by atoms with van der Waals surface area (Å²) in [5.41, 5.74) is 0. The average molecular weight is 375 g/mol. The molecule has 9 heteroatoms. The second-order valence-electron chi connectivity index (χ2n) is 6.65. The van der Waals surface area contributed by atoms with E-state index in [4.69, 9.17) is 0 Å². The Morgan fingerprint density at radius 1 is 1.12 bits per heavy atom. The molecular formula is C17H21N5O3S. The van der Waals surface area contributed by atoms with Crippen LogP contribution in [-0.2, 0) is 27.9 Å². The highest BCUT2D eigenvalue weighted by Gasteiger charge is 2.39. The van der Waals surface area contributed by atoms with Gasteiger partial charge in [-0.1, -0.05) is 18.2 Å². The van der Waals surface area contributed by atoms with E-state index in [1.54, 1.807) is 35.2 Å². The van der Waals surface area contributed by atoms with Gasteiger partial charge in [-0.3, -0.25) is 4.79 Å². The van der Waals surface area contributed by atoms with Crippen molar-refractivity contribution in [1.82, 2.24) is 24.0 Å². The fourth-order valence-electron chi connectivity index (χ4n) is 3.71. The molecule has 3 heterocycles. The van der Waals surface area contributed by atoms with E-state index in [1.807, 2.05) is 4.57 Å². The first-order valence-electron chi connectivity index (χ1n) is 8.73. The summed E-state index contributed by atoms with van der Waals surface area (Å²) in [6.45, 7) is 3.61. The molecule has 26 heavy (non-hydrogen) atoms. The zero-order valence-corrected chi connectivity index (χ0v) is 15.4. The Balaban J connectivity index is 1.66. The Morgan fingerprint density at radius 3 is 2.62 bits per heavy atom. The van der Waals surface area contributed by atoms with Crippen molar-refractivity contribution >= 4 is 15.9 Å². The molecule has 0 N–H and O–H groups in total. The minimum absolute atomic E-state index is 0.00921. The molecule has 1 aromatic carbocycles. The Kier molecular flexibility index (Phi) is 4.28. The van der Waals surface area contributed by atoms with Crippen molar-refractivity contribution < 1.29 is 13.2 Å². The summed E-state index contributed by atoms with van der Waals surface area (Å²) in [5.74, 6) is 1.40. The minimum Gasteiger partial charge on any atom is -0.334 e. The predicted molar refractivity (Wildman–Crippen MR) is 93.4 cm³/mol. The highest BCUT2D eigenvalue weighted by Crippen LogP contribution is 2.36. The van der Waals surface area contributed by atoms with E-state index in [2.05, 4.69) is 10.2 Å². The monoisotopic (exact) mass is 375 g/mol. The van der Waals surface area contributed by atoms with Crippen LogP contribution in [0.25, 0.3) is 0 Å². The number of nitrogens with zero attached hydrogens (tertiary/aromatic N) is 5. The van der Waals surface area contributed by atoms with E-state index in [0.29, 0.717) is 42.7 Å². The van der Waals surface area contributed by atoms with Crippen molar-refractivity contribution in [3.05, 3.63) is 42.0 Å². The first kappa shape index (κ1) is 17.2. The van der Waals surface area contributed by atoms with Crippen LogP contribution in [0.4, 0.5) is 0 Å². The van der Waals surface area contributed by atoms with Gasteiger partial charge >= 0.3 is 0 Å². The number of aromatic nitrogens is 3. The van der Waals surface area contributed by atoms with Gasteiger partial charge in [0, 0.05) is 26.6 Å². The van der Waals surface area contributed by atoms with E-state index in [9.17, 15) is 13.2 Å². The lowest BCUT2D eigenvalue weighted by Gasteiger charge is -2.29. The quantitative estimate of drug-likeness (QED) is 0.803. The number of hydrogen-bond donors (Lipinski definition) is 0. The third kappa shape index (κ3) is 2.80. The molecular weight excluding hydrogens is 354 g/mol. The van der Waals surface area contributed by atoms with Gasteiger partial charge in [0.15, 0.2) is 11.6 Å². The van der Waals surface area contributed by atoms with E-state index in [1.165, 1.54) is 11.2 Å².